The maximum absolute atomic E-state index is 13.7. The smallest absolute Gasteiger partial charge is 0.272 e. The average molecular weight is 541 g/mol. The molecule has 3 aromatic heterocycles. The van der Waals surface area contributed by atoms with Crippen LogP contribution in [0.15, 0.2) is 88.9 Å². The van der Waals surface area contributed by atoms with Gasteiger partial charge >= 0.3 is 0 Å². The molecule has 0 unspecified atom stereocenters. The summed E-state index contributed by atoms with van der Waals surface area (Å²) in [6, 6.07) is 23.3. The number of benzene rings is 3. The van der Waals surface area contributed by atoms with Crippen LogP contribution in [0.4, 0.5) is 5.69 Å². The first-order chi connectivity index (χ1) is 18.6. The number of aryl methyl sites for hydroxylation is 1. The Morgan fingerprint density at radius 3 is 2.76 bits per heavy atom. The van der Waals surface area contributed by atoms with E-state index in [9.17, 15) is 9.59 Å². The van der Waals surface area contributed by atoms with Gasteiger partial charge in [-0.05, 0) is 36.2 Å². The number of amides is 1. The van der Waals surface area contributed by atoms with Crippen LogP contribution < -0.4 is 15.6 Å². The fraction of sp³-hybridized carbons (Fsp3) is 0.138. The topological polar surface area (TPSA) is 89.0 Å². The molecule has 0 aliphatic rings. The monoisotopic (exact) mass is 540 g/mol. The third-order valence-corrected chi connectivity index (χ3v) is 8.54. The lowest BCUT2D eigenvalue weighted by Crippen LogP contribution is -2.24. The molecule has 9 heteroatoms. The van der Waals surface area contributed by atoms with Crippen LogP contribution in [-0.2, 0) is 17.8 Å². The number of nitrogens with zero attached hydrogens (tertiary/aromatic N) is 2. The molecule has 6 aromatic rings. The van der Waals surface area contributed by atoms with Gasteiger partial charge in [0.2, 0.25) is 5.91 Å². The fourth-order valence-electron chi connectivity index (χ4n) is 4.56. The van der Waals surface area contributed by atoms with Crippen molar-refractivity contribution in [1.82, 2.24) is 14.5 Å². The maximum atomic E-state index is 13.7. The lowest BCUT2D eigenvalue weighted by molar-refractivity contribution is -0.113. The summed E-state index contributed by atoms with van der Waals surface area (Å²) in [4.78, 5) is 34.8. The minimum atomic E-state index is -0.184. The Labute approximate surface area is 226 Å². The van der Waals surface area contributed by atoms with Gasteiger partial charge in [0, 0.05) is 45.5 Å². The number of aromatic nitrogens is 3. The second kappa shape index (κ2) is 10.4. The predicted molar refractivity (Wildman–Crippen MR) is 156 cm³/mol. The van der Waals surface area contributed by atoms with Gasteiger partial charge in [0.25, 0.3) is 5.56 Å². The van der Waals surface area contributed by atoms with Crippen molar-refractivity contribution in [2.45, 2.75) is 18.1 Å². The summed E-state index contributed by atoms with van der Waals surface area (Å²) in [5, 5.41) is 5.53. The van der Waals surface area contributed by atoms with Crippen molar-refractivity contribution >= 4 is 65.9 Å². The molecule has 0 atom stereocenters. The van der Waals surface area contributed by atoms with Crippen LogP contribution in [0.2, 0.25) is 0 Å². The van der Waals surface area contributed by atoms with Gasteiger partial charge in [-0.3, -0.25) is 14.2 Å². The van der Waals surface area contributed by atoms with Crippen molar-refractivity contribution in [2.24, 2.45) is 0 Å². The number of hydrogen-bond acceptors (Lipinski definition) is 6. The first-order valence-corrected chi connectivity index (χ1v) is 13.9. The molecule has 38 heavy (non-hydrogen) atoms. The molecule has 0 aliphatic heterocycles. The minimum absolute atomic E-state index is 0.0771. The molecule has 2 N–H and O–H groups in total. The van der Waals surface area contributed by atoms with Gasteiger partial charge in [0.1, 0.15) is 10.4 Å². The number of methoxy groups -OCH3 is 1. The summed E-state index contributed by atoms with van der Waals surface area (Å²) in [6.07, 6.45) is 2.65. The molecular formula is C29H24N4O3S2. The molecule has 0 bridgehead atoms. The van der Waals surface area contributed by atoms with Crippen molar-refractivity contribution in [3.05, 3.63) is 94.9 Å². The number of fused-ring (bicyclic) bond motifs is 4. The number of hydrogen-bond donors (Lipinski definition) is 2. The van der Waals surface area contributed by atoms with E-state index in [0.29, 0.717) is 39.8 Å². The van der Waals surface area contributed by atoms with Gasteiger partial charge in [-0.2, -0.15) is 0 Å². The number of rotatable bonds is 8. The average Bonchev–Trinajstić information content (AvgIpc) is 3.53. The SMILES string of the molecule is COc1cccc(NC(=O)CSc2nc3c(sc4ccccc43)c(=O)n2CCc2c[nH]c3ccccc23)c1. The number of aromatic amines is 1. The summed E-state index contributed by atoms with van der Waals surface area (Å²) in [7, 11) is 1.59. The largest absolute Gasteiger partial charge is 0.497 e. The van der Waals surface area contributed by atoms with Crippen LogP contribution in [0.3, 0.4) is 0 Å². The first kappa shape index (κ1) is 24.3. The second-order valence-corrected chi connectivity index (χ2v) is 10.8. The van der Waals surface area contributed by atoms with Crippen LogP contribution in [0.25, 0.3) is 31.2 Å². The van der Waals surface area contributed by atoms with Gasteiger partial charge in [-0.1, -0.05) is 54.2 Å². The highest BCUT2D eigenvalue weighted by molar-refractivity contribution is 7.99. The Balaban J connectivity index is 1.32. The highest BCUT2D eigenvalue weighted by Gasteiger charge is 2.18. The number of thioether (sulfide) groups is 1. The molecule has 0 radical (unpaired) electrons. The van der Waals surface area contributed by atoms with E-state index in [1.165, 1.54) is 23.1 Å². The number of carbonyl (C=O) groups is 1. The molecule has 0 aliphatic carbocycles. The third-order valence-electron chi connectivity index (χ3n) is 6.41. The Morgan fingerprint density at radius 1 is 1.08 bits per heavy atom. The number of ether oxygens (including phenoxy) is 1. The summed E-state index contributed by atoms with van der Waals surface area (Å²) >= 11 is 2.74. The first-order valence-electron chi connectivity index (χ1n) is 12.1. The van der Waals surface area contributed by atoms with Crippen LogP contribution in [-0.4, -0.2) is 33.3 Å². The van der Waals surface area contributed by atoms with Crippen LogP contribution in [0.5, 0.6) is 5.75 Å². The lowest BCUT2D eigenvalue weighted by atomic mass is 10.1. The van der Waals surface area contributed by atoms with Crippen molar-refractivity contribution in [2.75, 3.05) is 18.2 Å². The summed E-state index contributed by atoms with van der Waals surface area (Å²) in [5.74, 6) is 0.596. The zero-order valence-electron chi connectivity index (χ0n) is 20.6. The lowest BCUT2D eigenvalue weighted by Gasteiger charge is -2.12. The number of H-pyrrole nitrogens is 1. The molecule has 3 heterocycles. The summed E-state index contributed by atoms with van der Waals surface area (Å²) < 4.78 is 8.61. The highest BCUT2D eigenvalue weighted by Crippen LogP contribution is 2.32. The van der Waals surface area contributed by atoms with Crippen LogP contribution in [0, 0.1) is 0 Å². The molecular weight excluding hydrogens is 516 g/mol. The zero-order valence-corrected chi connectivity index (χ0v) is 22.2. The standard InChI is InChI=1S/C29H24N4O3S2/c1-36-20-8-6-7-19(15-20)31-25(34)17-37-29-32-26-22-10-3-5-12-24(22)38-27(26)28(35)33(29)14-13-18-16-30-23-11-4-2-9-21(18)23/h2-12,15-16,30H,13-14,17H2,1H3,(H,31,34). The van der Waals surface area contributed by atoms with Crippen molar-refractivity contribution in [1.29, 1.82) is 0 Å². The third kappa shape index (κ3) is 4.66. The number of nitrogens with one attached hydrogen (secondary N) is 2. The van der Waals surface area contributed by atoms with Crippen molar-refractivity contribution in [3.63, 3.8) is 0 Å². The molecule has 0 fully saturated rings. The van der Waals surface area contributed by atoms with Gasteiger partial charge in [-0.15, -0.1) is 11.3 Å². The normalized spacial score (nSPS) is 11.4. The van der Waals surface area contributed by atoms with E-state index in [-0.39, 0.29) is 17.2 Å². The second-order valence-electron chi connectivity index (χ2n) is 8.81. The Hall–Kier alpha value is -4.08. The van der Waals surface area contributed by atoms with Crippen molar-refractivity contribution < 1.29 is 9.53 Å². The Kier molecular flexibility index (Phi) is 6.61. The van der Waals surface area contributed by atoms with E-state index in [1.54, 1.807) is 17.7 Å². The summed E-state index contributed by atoms with van der Waals surface area (Å²) in [5.41, 5.74) is 3.47. The molecule has 0 saturated heterocycles. The number of para-hydroxylation sites is 1. The van der Waals surface area contributed by atoms with E-state index >= 15 is 0 Å². The Morgan fingerprint density at radius 2 is 1.89 bits per heavy atom. The molecule has 0 saturated carbocycles. The quantitative estimate of drug-likeness (QED) is 0.181. The minimum Gasteiger partial charge on any atom is -0.497 e. The molecule has 3 aromatic carbocycles. The molecule has 6 rings (SSSR count). The van der Waals surface area contributed by atoms with Gasteiger partial charge < -0.3 is 15.0 Å². The highest BCUT2D eigenvalue weighted by atomic mass is 32.2. The molecule has 7 nitrogen and oxygen atoms in total. The van der Waals surface area contributed by atoms with Crippen LogP contribution >= 0.6 is 23.1 Å². The summed E-state index contributed by atoms with van der Waals surface area (Å²) in [6.45, 7) is 0.456. The van der Waals surface area contributed by atoms with E-state index in [1.807, 2.05) is 66.9 Å². The molecule has 190 valence electrons. The number of carbonyl (C=O) groups excluding carboxylic acids is 1. The van der Waals surface area contributed by atoms with Crippen LogP contribution in [0.1, 0.15) is 5.56 Å². The molecule has 0 spiro atoms. The number of thiophene rings is 1. The van der Waals surface area contributed by atoms with Gasteiger partial charge in [0.15, 0.2) is 5.16 Å². The van der Waals surface area contributed by atoms with E-state index in [0.717, 1.165) is 26.6 Å². The van der Waals surface area contributed by atoms with Gasteiger partial charge in [0.05, 0.1) is 18.4 Å². The Bertz CT molecular complexity index is 1850. The number of anilines is 1. The molecule has 1 amide bonds. The van der Waals surface area contributed by atoms with E-state index < -0.39 is 0 Å². The maximum Gasteiger partial charge on any atom is 0.272 e. The fourth-order valence-corrected chi connectivity index (χ4v) is 6.47. The predicted octanol–water partition coefficient (Wildman–Crippen LogP) is 6.07. The van der Waals surface area contributed by atoms with E-state index in [2.05, 4.69) is 16.4 Å². The zero-order chi connectivity index (χ0) is 26.1. The van der Waals surface area contributed by atoms with E-state index in [4.69, 9.17) is 9.72 Å². The van der Waals surface area contributed by atoms with Gasteiger partial charge in [-0.25, -0.2) is 4.98 Å². The van der Waals surface area contributed by atoms with Crippen molar-refractivity contribution in [3.8, 4) is 5.75 Å².